The van der Waals surface area contributed by atoms with Gasteiger partial charge >= 0.3 is 0 Å². The summed E-state index contributed by atoms with van der Waals surface area (Å²) in [5, 5.41) is 3.36. The number of nitrogens with two attached hydrogens (primary N) is 1. The topological polar surface area (TPSA) is 90.7 Å². The molecule has 0 saturated carbocycles. The van der Waals surface area contributed by atoms with Crippen LogP contribution in [-0.2, 0) is 12.8 Å². The van der Waals surface area contributed by atoms with Crippen LogP contribution in [0.4, 0.5) is 5.00 Å². The summed E-state index contributed by atoms with van der Waals surface area (Å²) in [6, 6.07) is 5.13. The highest BCUT2D eigenvalue weighted by Crippen LogP contribution is 2.38. The van der Waals surface area contributed by atoms with Crippen LogP contribution in [0.25, 0.3) is 0 Å². The Labute approximate surface area is 156 Å². The molecule has 1 aromatic carbocycles. The minimum absolute atomic E-state index is 0.288. The maximum absolute atomic E-state index is 12.9. The van der Waals surface area contributed by atoms with Gasteiger partial charge in [-0.2, -0.15) is 0 Å². The second kappa shape index (κ2) is 7.78. The number of thiophene rings is 1. The lowest BCUT2D eigenvalue weighted by atomic mass is 10.0. The predicted molar refractivity (Wildman–Crippen MR) is 102 cm³/mol. The molecule has 1 aromatic heterocycles. The van der Waals surface area contributed by atoms with Gasteiger partial charge in [0.05, 0.1) is 19.8 Å². The van der Waals surface area contributed by atoms with Crippen molar-refractivity contribution in [2.75, 3.05) is 19.5 Å². The summed E-state index contributed by atoms with van der Waals surface area (Å²) >= 11 is 1.44. The van der Waals surface area contributed by atoms with Gasteiger partial charge in [-0.3, -0.25) is 9.59 Å². The van der Waals surface area contributed by atoms with Crippen molar-refractivity contribution < 1.29 is 19.1 Å². The summed E-state index contributed by atoms with van der Waals surface area (Å²) in [5.74, 6) is -0.0916. The van der Waals surface area contributed by atoms with Gasteiger partial charge in [0.2, 0.25) is 0 Å². The van der Waals surface area contributed by atoms with Gasteiger partial charge in [-0.25, -0.2) is 0 Å². The number of fused-ring (bicyclic) bond motifs is 1. The number of nitrogens with one attached hydrogen (secondary N) is 1. The van der Waals surface area contributed by atoms with Gasteiger partial charge in [0.1, 0.15) is 22.1 Å². The summed E-state index contributed by atoms with van der Waals surface area (Å²) in [7, 11) is 2.99. The maximum atomic E-state index is 12.9. The minimum Gasteiger partial charge on any atom is -0.496 e. The third-order valence-corrected chi connectivity index (χ3v) is 5.76. The number of amides is 2. The van der Waals surface area contributed by atoms with E-state index in [2.05, 4.69) is 5.32 Å². The van der Waals surface area contributed by atoms with E-state index in [-0.39, 0.29) is 5.56 Å². The van der Waals surface area contributed by atoms with Crippen molar-refractivity contribution in [3.8, 4) is 11.5 Å². The number of carbonyl (C=O) groups is 2. The molecule has 0 aliphatic heterocycles. The van der Waals surface area contributed by atoms with Crippen molar-refractivity contribution in [2.45, 2.75) is 32.1 Å². The van der Waals surface area contributed by atoms with Crippen LogP contribution in [0.3, 0.4) is 0 Å². The number of methoxy groups -OCH3 is 2. The van der Waals surface area contributed by atoms with Crippen LogP contribution in [0.5, 0.6) is 11.5 Å². The fourth-order valence-electron chi connectivity index (χ4n) is 3.33. The lowest BCUT2D eigenvalue weighted by Gasteiger charge is -2.13. The standard InChI is InChI=1S/C19H22N2O4S/c1-24-12-8-6-9-13(25-2)16(12)18(23)21-19-15(17(20)22)11-7-4-3-5-10-14(11)26-19/h6,8-9H,3-5,7,10H2,1-2H3,(H2,20,22)(H,21,23). The highest BCUT2D eigenvalue weighted by Gasteiger charge is 2.26. The Bertz CT molecular complexity index is 822. The highest BCUT2D eigenvalue weighted by molar-refractivity contribution is 7.17. The fraction of sp³-hybridized carbons (Fsp3) is 0.368. The van der Waals surface area contributed by atoms with Crippen molar-refractivity contribution in [2.24, 2.45) is 5.73 Å². The Balaban J connectivity index is 2.00. The SMILES string of the molecule is COc1cccc(OC)c1C(=O)Nc1sc2c(c1C(N)=O)CCCCC2. The molecule has 0 fully saturated rings. The third kappa shape index (κ3) is 3.39. The molecule has 26 heavy (non-hydrogen) atoms. The Hall–Kier alpha value is -2.54. The Kier molecular flexibility index (Phi) is 5.46. The monoisotopic (exact) mass is 374 g/mol. The Morgan fingerprint density at radius 3 is 2.31 bits per heavy atom. The van der Waals surface area contributed by atoms with Crippen LogP contribution in [0.1, 0.15) is 50.4 Å². The van der Waals surface area contributed by atoms with Crippen molar-refractivity contribution >= 4 is 28.2 Å². The van der Waals surface area contributed by atoms with Crippen LogP contribution in [0.2, 0.25) is 0 Å². The number of hydrogen-bond donors (Lipinski definition) is 2. The summed E-state index contributed by atoms with van der Waals surface area (Å²) in [5.41, 5.74) is 7.34. The fourth-order valence-corrected chi connectivity index (χ4v) is 4.62. The first-order valence-corrected chi connectivity index (χ1v) is 9.35. The molecule has 0 radical (unpaired) electrons. The molecule has 0 spiro atoms. The number of anilines is 1. The molecule has 3 N–H and O–H groups in total. The smallest absolute Gasteiger partial charge is 0.263 e. The predicted octanol–water partition coefficient (Wildman–Crippen LogP) is 3.39. The number of benzene rings is 1. The Morgan fingerprint density at radius 2 is 1.69 bits per heavy atom. The number of hydrogen-bond acceptors (Lipinski definition) is 5. The molecule has 0 unspecified atom stereocenters. The third-order valence-electron chi connectivity index (χ3n) is 4.55. The van der Waals surface area contributed by atoms with E-state index in [0.29, 0.717) is 22.1 Å². The van der Waals surface area contributed by atoms with Gasteiger partial charge in [0.15, 0.2) is 0 Å². The summed E-state index contributed by atoms with van der Waals surface area (Å²) in [4.78, 5) is 26.1. The van der Waals surface area contributed by atoms with Crippen molar-refractivity contribution in [3.05, 3.63) is 39.8 Å². The molecule has 0 saturated heterocycles. The van der Waals surface area contributed by atoms with Gasteiger partial charge in [0.25, 0.3) is 11.8 Å². The zero-order valence-electron chi connectivity index (χ0n) is 14.9. The first kappa shape index (κ1) is 18.3. The highest BCUT2D eigenvalue weighted by atomic mass is 32.1. The van der Waals surface area contributed by atoms with E-state index in [9.17, 15) is 9.59 Å². The minimum atomic E-state index is -0.508. The van der Waals surface area contributed by atoms with E-state index >= 15 is 0 Å². The number of aryl methyl sites for hydroxylation is 1. The zero-order chi connectivity index (χ0) is 18.7. The number of rotatable bonds is 5. The normalized spacial score (nSPS) is 13.5. The van der Waals surface area contributed by atoms with E-state index in [0.717, 1.165) is 42.5 Å². The first-order chi connectivity index (χ1) is 12.6. The van der Waals surface area contributed by atoms with E-state index in [1.165, 1.54) is 25.6 Å². The molecule has 7 heteroatoms. The van der Waals surface area contributed by atoms with Crippen LogP contribution >= 0.6 is 11.3 Å². The molecule has 2 amide bonds. The molecule has 0 bridgehead atoms. The lowest BCUT2D eigenvalue weighted by molar-refractivity contribution is 0.100. The summed E-state index contributed by atoms with van der Waals surface area (Å²) in [6.07, 6.45) is 4.98. The molecular formula is C19H22N2O4S. The second-order valence-corrected chi connectivity index (χ2v) is 7.23. The van der Waals surface area contributed by atoms with Crippen LogP contribution in [-0.4, -0.2) is 26.0 Å². The molecular weight excluding hydrogens is 352 g/mol. The summed E-state index contributed by atoms with van der Waals surface area (Å²) in [6.45, 7) is 0. The molecule has 1 heterocycles. The number of carbonyl (C=O) groups excluding carboxylic acids is 2. The van der Waals surface area contributed by atoms with Gasteiger partial charge in [0, 0.05) is 4.88 Å². The van der Waals surface area contributed by atoms with Gasteiger partial charge in [-0.1, -0.05) is 12.5 Å². The molecule has 3 rings (SSSR count). The van der Waals surface area contributed by atoms with Crippen LogP contribution in [0, 0.1) is 0 Å². The number of primary amides is 1. The van der Waals surface area contributed by atoms with E-state index in [1.54, 1.807) is 18.2 Å². The lowest BCUT2D eigenvalue weighted by Crippen LogP contribution is -2.19. The van der Waals surface area contributed by atoms with E-state index in [1.807, 2.05) is 0 Å². The molecule has 1 aliphatic rings. The van der Waals surface area contributed by atoms with Crippen molar-refractivity contribution in [1.82, 2.24) is 0 Å². The van der Waals surface area contributed by atoms with Gasteiger partial charge < -0.3 is 20.5 Å². The average molecular weight is 374 g/mol. The van der Waals surface area contributed by atoms with Crippen molar-refractivity contribution in [1.29, 1.82) is 0 Å². The van der Waals surface area contributed by atoms with Gasteiger partial charge in [-0.05, 0) is 43.4 Å². The van der Waals surface area contributed by atoms with Crippen LogP contribution in [0.15, 0.2) is 18.2 Å². The van der Waals surface area contributed by atoms with E-state index < -0.39 is 11.8 Å². The first-order valence-electron chi connectivity index (χ1n) is 8.53. The van der Waals surface area contributed by atoms with Crippen molar-refractivity contribution in [3.63, 3.8) is 0 Å². The molecule has 138 valence electrons. The molecule has 1 aliphatic carbocycles. The van der Waals surface area contributed by atoms with E-state index in [4.69, 9.17) is 15.2 Å². The molecule has 0 atom stereocenters. The van der Waals surface area contributed by atoms with Crippen LogP contribution < -0.4 is 20.5 Å². The molecule has 6 nitrogen and oxygen atoms in total. The zero-order valence-corrected chi connectivity index (χ0v) is 15.7. The largest absolute Gasteiger partial charge is 0.496 e. The Morgan fingerprint density at radius 1 is 1.04 bits per heavy atom. The number of ether oxygens (including phenoxy) is 2. The molecule has 2 aromatic rings. The van der Waals surface area contributed by atoms with Gasteiger partial charge in [-0.15, -0.1) is 11.3 Å². The maximum Gasteiger partial charge on any atom is 0.263 e. The summed E-state index contributed by atoms with van der Waals surface area (Å²) < 4.78 is 10.6. The second-order valence-electron chi connectivity index (χ2n) is 6.12. The average Bonchev–Trinajstić information content (AvgIpc) is 2.81. The quantitative estimate of drug-likeness (QED) is 0.785.